The number of hydrogen-bond donors (Lipinski definition) is 1. The number of piperidine rings is 1. The van der Waals surface area contributed by atoms with Crippen molar-refractivity contribution >= 4 is 33.6 Å². The molecule has 2 unspecified atom stereocenters. The zero-order valence-electron chi connectivity index (χ0n) is 18.8. The normalized spacial score (nSPS) is 20.2. The van der Waals surface area contributed by atoms with Crippen LogP contribution in [-0.4, -0.2) is 60.0 Å². The number of esters is 1. The summed E-state index contributed by atoms with van der Waals surface area (Å²) >= 11 is 0. The number of aromatic nitrogens is 2. The second kappa shape index (κ2) is 8.97. The van der Waals surface area contributed by atoms with Crippen LogP contribution in [0.2, 0.25) is 0 Å². The smallest absolute Gasteiger partial charge is 0.311 e. The Morgan fingerprint density at radius 1 is 1.18 bits per heavy atom. The number of fused-ring (bicyclic) bond motifs is 1. The highest BCUT2D eigenvalue weighted by Crippen LogP contribution is 2.30. The van der Waals surface area contributed by atoms with Crippen LogP contribution >= 0.6 is 0 Å². The molecular formula is C22H27N5O5S. The number of amidine groups is 1. The van der Waals surface area contributed by atoms with Crippen molar-refractivity contribution in [2.45, 2.75) is 50.7 Å². The third kappa shape index (κ3) is 4.63. The summed E-state index contributed by atoms with van der Waals surface area (Å²) < 4.78 is 35.8. The molecule has 1 saturated heterocycles. The molecule has 1 N–H and O–H groups in total. The lowest BCUT2D eigenvalue weighted by molar-refractivity contribution is -0.158. The minimum Gasteiger partial charge on any atom is -0.452 e. The molecule has 0 aliphatic carbocycles. The van der Waals surface area contributed by atoms with Gasteiger partial charge in [0.25, 0.3) is 15.9 Å². The molecule has 10 nitrogen and oxygen atoms in total. The molecule has 1 amide bonds. The molecule has 0 saturated carbocycles. The van der Waals surface area contributed by atoms with Crippen molar-refractivity contribution in [2.75, 3.05) is 18.4 Å². The summed E-state index contributed by atoms with van der Waals surface area (Å²) in [5.74, 6) is -0.543. The molecule has 2 aliphatic heterocycles. The fourth-order valence-corrected chi connectivity index (χ4v) is 5.28. The number of nitrogens with zero attached hydrogens (tertiary/aromatic N) is 4. The van der Waals surface area contributed by atoms with E-state index in [4.69, 9.17) is 4.74 Å². The van der Waals surface area contributed by atoms with Crippen LogP contribution in [0.5, 0.6) is 0 Å². The monoisotopic (exact) mass is 473 g/mol. The summed E-state index contributed by atoms with van der Waals surface area (Å²) in [6, 6.07) is 8.41. The lowest BCUT2D eigenvalue weighted by atomic mass is 9.97. The van der Waals surface area contributed by atoms with E-state index in [0.717, 1.165) is 0 Å². The van der Waals surface area contributed by atoms with Crippen LogP contribution in [0.1, 0.15) is 45.2 Å². The maximum Gasteiger partial charge on any atom is 0.311 e. The number of carbonyl (C=O) groups excluding carboxylic acids is 2. The van der Waals surface area contributed by atoms with Crippen molar-refractivity contribution in [3.63, 3.8) is 0 Å². The van der Waals surface area contributed by atoms with Crippen molar-refractivity contribution < 1.29 is 22.7 Å². The number of anilines is 1. The van der Waals surface area contributed by atoms with Crippen LogP contribution in [0.3, 0.4) is 0 Å². The summed E-state index contributed by atoms with van der Waals surface area (Å²) in [5.41, 5.74) is 0.543. The van der Waals surface area contributed by atoms with Crippen molar-refractivity contribution in [1.82, 2.24) is 14.7 Å². The van der Waals surface area contributed by atoms with Crippen LogP contribution in [0, 0.1) is 5.92 Å². The van der Waals surface area contributed by atoms with Crippen LogP contribution in [0.25, 0.3) is 0 Å². The second-order valence-corrected chi connectivity index (χ2v) is 10.1. The van der Waals surface area contributed by atoms with E-state index < -0.39 is 33.9 Å². The van der Waals surface area contributed by atoms with Gasteiger partial charge in [-0.15, -0.1) is 4.40 Å². The molecule has 0 bridgehead atoms. The summed E-state index contributed by atoms with van der Waals surface area (Å²) in [6.45, 7) is 6.27. The van der Waals surface area contributed by atoms with E-state index in [0.29, 0.717) is 36.6 Å². The fourth-order valence-electron chi connectivity index (χ4n) is 4.06. The van der Waals surface area contributed by atoms with Crippen LogP contribution in [0.15, 0.2) is 45.8 Å². The van der Waals surface area contributed by atoms with E-state index in [-0.39, 0.29) is 17.5 Å². The highest BCUT2D eigenvalue weighted by Gasteiger charge is 2.36. The van der Waals surface area contributed by atoms with E-state index >= 15 is 0 Å². The number of likely N-dealkylation sites (tertiary alicyclic amines) is 1. The third-order valence-electron chi connectivity index (χ3n) is 5.74. The Labute approximate surface area is 192 Å². The molecule has 3 heterocycles. The lowest BCUT2D eigenvalue weighted by Crippen LogP contribution is -2.44. The van der Waals surface area contributed by atoms with Gasteiger partial charge in [0.1, 0.15) is 10.7 Å². The molecule has 176 valence electrons. The molecule has 2 aromatic rings. The maximum absolute atomic E-state index is 12.8. The first-order chi connectivity index (χ1) is 15.7. The number of amides is 1. The summed E-state index contributed by atoms with van der Waals surface area (Å²) in [4.78, 5) is 27.4. The first-order valence-electron chi connectivity index (χ1n) is 10.9. The van der Waals surface area contributed by atoms with Gasteiger partial charge in [0.05, 0.1) is 12.1 Å². The fraction of sp³-hybridized carbons (Fsp3) is 0.455. The van der Waals surface area contributed by atoms with Gasteiger partial charge in [0.15, 0.2) is 11.9 Å². The van der Waals surface area contributed by atoms with Gasteiger partial charge in [0.2, 0.25) is 0 Å². The average molecular weight is 474 g/mol. The first kappa shape index (κ1) is 23.0. The summed E-state index contributed by atoms with van der Waals surface area (Å²) in [7, 11) is -3.74. The SMILES string of the molecule is CC(OC(=O)C1CCCN(C2=NS(=O)(=O)c3ccccc32)C1)C(=O)Nc1ccnn1C(C)C. The summed E-state index contributed by atoms with van der Waals surface area (Å²) in [5, 5.41) is 6.91. The molecular weight excluding hydrogens is 446 g/mol. The number of hydrogen-bond acceptors (Lipinski definition) is 7. The molecule has 2 aliphatic rings. The highest BCUT2D eigenvalue weighted by atomic mass is 32.2. The van der Waals surface area contributed by atoms with Crippen LogP contribution < -0.4 is 5.32 Å². The molecule has 2 atom stereocenters. The Balaban J connectivity index is 1.40. The zero-order chi connectivity index (χ0) is 23.8. The minimum absolute atomic E-state index is 0.0637. The quantitative estimate of drug-likeness (QED) is 0.660. The molecule has 1 fully saturated rings. The standard InChI is InChI=1S/C22H27N5O5S/c1-14(2)27-19(10-11-23-27)24-21(28)15(3)32-22(29)16-7-6-12-26(13-16)20-17-8-4-5-9-18(17)33(30,31)25-20/h4-5,8-11,14-16H,6-7,12-13H2,1-3H3,(H,24,28). The van der Waals surface area contributed by atoms with Gasteiger partial charge in [-0.1, -0.05) is 12.1 Å². The van der Waals surface area contributed by atoms with Crippen molar-refractivity contribution in [2.24, 2.45) is 10.3 Å². The highest BCUT2D eigenvalue weighted by molar-refractivity contribution is 7.90. The first-order valence-corrected chi connectivity index (χ1v) is 12.4. The van der Waals surface area contributed by atoms with E-state index in [1.807, 2.05) is 18.7 Å². The Kier molecular flexibility index (Phi) is 6.24. The predicted molar refractivity (Wildman–Crippen MR) is 121 cm³/mol. The second-order valence-electron chi connectivity index (χ2n) is 8.49. The van der Waals surface area contributed by atoms with Gasteiger partial charge < -0.3 is 15.0 Å². The number of rotatable bonds is 5. The van der Waals surface area contributed by atoms with Crippen molar-refractivity contribution in [3.8, 4) is 0 Å². The van der Waals surface area contributed by atoms with E-state index in [1.54, 1.807) is 35.1 Å². The zero-order valence-corrected chi connectivity index (χ0v) is 19.6. The number of carbonyl (C=O) groups is 2. The summed E-state index contributed by atoms with van der Waals surface area (Å²) in [6.07, 6.45) is 1.86. The Morgan fingerprint density at radius 2 is 1.94 bits per heavy atom. The average Bonchev–Trinajstić information content (AvgIpc) is 3.36. The number of nitrogens with one attached hydrogen (secondary N) is 1. The Morgan fingerprint density at radius 3 is 2.70 bits per heavy atom. The van der Waals surface area contributed by atoms with Gasteiger partial charge in [-0.05, 0) is 45.7 Å². The molecule has 11 heteroatoms. The molecule has 0 radical (unpaired) electrons. The largest absolute Gasteiger partial charge is 0.452 e. The Hall–Kier alpha value is -3.21. The third-order valence-corrected chi connectivity index (χ3v) is 7.06. The van der Waals surface area contributed by atoms with Crippen LogP contribution in [0.4, 0.5) is 5.82 Å². The lowest BCUT2D eigenvalue weighted by Gasteiger charge is -2.33. The molecule has 1 aromatic carbocycles. The molecule has 0 spiro atoms. The van der Waals surface area contributed by atoms with Crippen molar-refractivity contribution in [3.05, 3.63) is 42.1 Å². The minimum atomic E-state index is -3.74. The van der Waals surface area contributed by atoms with Crippen molar-refractivity contribution in [1.29, 1.82) is 0 Å². The number of benzene rings is 1. The van der Waals surface area contributed by atoms with E-state index in [2.05, 4.69) is 14.8 Å². The molecule has 1 aromatic heterocycles. The van der Waals surface area contributed by atoms with E-state index in [9.17, 15) is 18.0 Å². The number of sulfonamides is 1. The Bertz CT molecular complexity index is 1200. The van der Waals surface area contributed by atoms with Crippen LogP contribution in [-0.2, 0) is 24.3 Å². The maximum atomic E-state index is 12.8. The van der Waals surface area contributed by atoms with Gasteiger partial charge in [-0.2, -0.15) is 13.5 Å². The number of ether oxygens (including phenoxy) is 1. The molecule has 4 rings (SSSR count). The van der Waals surface area contributed by atoms with Gasteiger partial charge in [0, 0.05) is 30.8 Å². The topological polar surface area (TPSA) is 123 Å². The van der Waals surface area contributed by atoms with Gasteiger partial charge in [-0.25, -0.2) is 4.68 Å². The van der Waals surface area contributed by atoms with E-state index in [1.165, 1.54) is 13.0 Å². The van der Waals surface area contributed by atoms with Gasteiger partial charge >= 0.3 is 5.97 Å². The van der Waals surface area contributed by atoms with Gasteiger partial charge in [-0.3, -0.25) is 9.59 Å². The predicted octanol–water partition coefficient (Wildman–Crippen LogP) is 2.20. The molecule has 33 heavy (non-hydrogen) atoms.